The molecule has 0 N–H and O–H groups in total. The van der Waals surface area contributed by atoms with Crippen molar-refractivity contribution in [1.29, 1.82) is 0 Å². The number of rotatable bonds is 7. The van der Waals surface area contributed by atoms with Crippen molar-refractivity contribution in [3.05, 3.63) is 28.3 Å². The molecule has 0 radical (unpaired) electrons. The van der Waals surface area contributed by atoms with Gasteiger partial charge in [-0.05, 0) is 61.3 Å². The van der Waals surface area contributed by atoms with Crippen LogP contribution >= 0.6 is 0 Å². The molecule has 1 aromatic heterocycles. The first-order valence-corrected chi connectivity index (χ1v) is 10.3. The highest BCUT2D eigenvalue weighted by molar-refractivity contribution is 5.94. The van der Waals surface area contributed by atoms with Gasteiger partial charge in [-0.15, -0.1) is 0 Å². The lowest BCUT2D eigenvalue weighted by molar-refractivity contribution is -0.146. The van der Waals surface area contributed by atoms with E-state index in [1.165, 1.54) is 6.92 Å². The number of carbonyl (C=O) groups excluding carboxylic acids is 3. The number of ether oxygens (including phenoxy) is 3. The summed E-state index contributed by atoms with van der Waals surface area (Å²) in [4.78, 5) is 50.1. The molecule has 0 bridgehead atoms. The molecular formula is C21H32FN3O8. The summed E-state index contributed by atoms with van der Waals surface area (Å²) < 4.78 is 35.1. The Hall–Kier alpha value is -3.18. The van der Waals surface area contributed by atoms with Gasteiger partial charge in [0.1, 0.15) is 23.1 Å². The van der Waals surface area contributed by atoms with Crippen molar-refractivity contribution < 1.29 is 37.5 Å². The Morgan fingerprint density at radius 3 is 2.03 bits per heavy atom. The first kappa shape index (κ1) is 27.9. The minimum absolute atomic E-state index is 0.0766. The number of aromatic nitrogens is 2. The van der Waals surface area contributed by atoms with E-state index in [-0.39, 0.29) is 18.7 Å². The number of amides is 2. The van der Waals surface area contributed by atoms with Crippen molar-refractivity contribution in [1.82, 2.24) is 14.6 Å². The lowest BCUT2D eigenvalue weighted by Gasteiger charge is -2.32. The Kier molecular flexibility index (Phi) is 9.37. The number of halogens is 1. The Balaban J connectivity index is 3.13. The minimum atomic E-state index is -1.44. The molecule has 0 saturated heterocycles. The van der Waals surface area contributed by atoms with Crippen LogP contribution in [-0.4, -0.2) is 57.1 Å². The van der Waals surface area contributed by atoms with Crippen LogP contribution < -0.4 is 5.76 Å². The van der Waals surface area contributed by atoms with Crippen molar-refractivity contribution in [3.63, 3.8) is 0 Å². The third-order valence-electron chi connectivity index (χ3n) is 3.95. The van der Waals surface area contributed by atoms with E-state index < -0.39 is 53.5 Å². The second-order valence-corrected chi connectivity index (χ2v) is 9.18. The summed E-state index contributed by atoms with van der Waals surface area (Å²) in [7, 11) is 1.09. The molecule has 1 aromatic rings. The molecular weight excluding hydrogens is 441 g/mol. The van der Waals surface area contributed by atoms with Crippen LogP contribution in [0.4, 0.5) is 14.0 Å². The van der Waals surface area contributed by atoms with E-state index in [1.54, 1.807) is 41.5 Å². The van der Waals surface area contributed by atoms with Crippen molar-refractivity contribution in [2.45, 2.75) is 85.1 Å². The predicted octanol–water partition coefficient (Wildman–Crippen LogP) is 3.49. The molecule has 11 nitrogen and oxygen atoms in total. The summed E-state index contributed by atoms with van der Waals surface area (Å²) in [6.07, 6.45) is -1.36. The fourth-order valence-corrected chi connectivity index (χ4v) is 2.57. The van der Waals surface area contributed by atoms with Crippen LogP contribution in [0, 0.1) is 6.92 Å². The minimum Gasteiger partial charge on any atom is -0.467 e. The van der Waals surface area contributed by atoms with Gasteiger partial charge in [0.15, 0.2) is 5.82 Å². The standard InChI is InChI=1S/C21H32FN3O8/c1-13-23-33-17(27)24(13)12-14(22)10-9-11-15(16(26)30-8)25(18(28)31-20(2,3)4)19(29)32-21(5,6)7/h10,15H,9,11-12H2,1-8H3/t15-/m0/s1. The topological polar surface area (TPSA) is 130 Å². The van der Waals surface area contributed by atoms with E-state index in [4.69, 9.17) is 14.2 Å². The van der Waals surface area contributed by atoms with E-state index in [0.717, 1.165) is 17.8 Å². The van der Waals surface area contributed by atoms with E-state index >= 15 is 0 Å². The van der Waals surface area contributed by atoms with Crippen LogP contribution in [0.5, 0.6) is 0 Å². The number of allylic oxidation sites excluding steroid dienone is 2. The average Bonchev–Trinajstić information content (AvgIpc) is 2.95. The van der Waals surface area contributed by atoms with Gasteiger partial charge >= 0.3 is 23.9 Å². The smallest absolute Gasteiger partial charge is 0.441 e. The molecule has 1 atom stereocenters. The molecule has 0 aliphatic heterocycles. The number of imide groups is 1. The number of hydrogen-bond acceptors (Lipinski definition) is 9. The van der Waals surface area contributed by atoms with Crippen LogP contribution in [0.1, 0.15) is 60.2 Å². The quantitative estimate of drug-likeness (QED) is 0.431. The van der Waals surface area contributed by atoms with Crippen LogP contribution in [0.15, 0.2) is 21.2 Å². The zero-order chi connectivity index (χ0) is 25.6. The number of methoxy groups -OCH3 is 1. The molecule has 1 rings (SSSR count). The van der Waals surface area contributed by atoms with Gasteiger partial charge in [-0.3, -0.25) is 9.09 Å². The normalized spacial score (nSPS) is 13.3. The maximum atomic E-state index is 14.3. The van der Waals surface area contributed by atoms with Gasteiger partial charge in [0, 0.05) is 0 Å². The SMILES string of the molecule is COC(=O)[C@H](CCC=C(F)Cn1c(C)noc1=O)N(C(=O)OC(C)(C)C)C(=O)OC(C)(C)C. The Morgan fingerprint density at radius 1 is 1.12 bits per heavy atom. The highest BCUT2D eigenvalue weighted by Crippen LogP contribution is 2.20. The van der Waals surface area contributed by atoms with Gasteiger partial charge in [0.05, 0.1) is 13.7 Å². The maximum Gasteiger partial charge on any atom is 0.441 e. The van der Waals surface area contributed by atoms with Gasteiger partial charge in [-0.1, -0.05) is 11.2 Å². The molecule has 2 amide bonds. The molecule has 0 aliphatic carbocycles. The molecule has 0 aliphatic rings. The molecule has 12 heteroatoms. The first-order chi connectivity index (χ1) is 15.1. The van der Waals surface area contributed by atoms with Crippen molar-refractivity contribution in [2.75, 3.05) is 7.11 Å². The maximum absolute atomic E-state index is 14.3. The number of carbonyl (C=O) groups is 3. The molecule has 0 unspecified atom stereocenters. The number of nitrogens with zero attached hydrogens (tertiary/aromatic N) is 3. The summed E-state index contributed by atoms with van der Waals surface area (Å²) in [6.45, 7) is 10.6. The zero-order valence-corrected chi connectivity index (χ0v) is 20.3. The molecule has 0 fully saturated rings. The van der Waals surface area contributed by atoms with Gasteiger partial charge in [-0.25, -0.2) is 23.6 Å². The van der Waals surface area contributed by atoms with Gasteiger partial charge in [0.2, 0.25) is 0 Å². The third-order valence-corrected chi connectivity index (χ3v) is 3.95. The second-order valence-electron chi connectivity index (χ2n) is 9.18. The van der Waals surface area contributed by atoms with Crippen LogP contribution in [0.25, 0.3) is 0 Å². The lowest BCUT2D eigenvalue weighted by atomic mass is 10.1. The fraction of sp³-hybridized carbons (Fsp3) is 0.667. The average molecular weight is 473 g/mol. The summed E-state index contributed by atoms with van der Waals surface area (Å²) in [5.74, 6) is -2.23. The zero-order valence-electron chi connectivity index (χ0n) is 20.3. The van der Waals surface area contributed by atoms with Crippen molar-refractivity contribution >= 4 is 18.2 Å². The Bertz CT molecular complexity index is 909. The van der Waals surface area contributed by atoms with Crippen molar-refractivity contribution in [2.24, 2.45) is 0 Å². The van der Waals surface area contributed by atoms with Gasteiger partial charge < -0.3 is 14.2 Å². The van der Waals surface area contributed by atoms with E-state index in [9.17, 15) is 23.6 Å². The predicted molar refractivity (Wildman–Crippen MR) is 114 cm³/mol. The van der Waals surface area contributed by atoms with Crippen LogP contribution in [0.3, 0.4) is 0 Å². The lowest BCUT2D eigenvalue weighted by Crippen LogP contribution is -2.52. The second kappa shape index (κ2) is 11.1. The van der Waals surface area contributed by atoms with Crippen molar-refractivity contribution in [3.8, 4) is 0 Å². The largest absolute Gasteiger partial charge is 0.467 e. The molecule has 0 aromatic carbocycles. The summed E-state index contributed by atoms with van der Waals surface area (Å²) in [6, 6.07) is -1.44. The summed E-state index contributed by atoms with van der Waals surface area (Å²) in [5.41, 5.74) is -1.93. The van der Waals surface area contributed by atoms with E-state index in [2.05, 4.69) is 9.68 Å². The summed E-state index contributed by atoms with van der Waals surface area (Å²) >= 11 is 0. The number of aryl methyl sites for hydroxylation is 1. The van der Waals surface area contributed by atoms with E-state index in [1.807, 2.05) is 0 Å². The highest BCUT2D eigenvalue weighted by atomic mass is 19.1. The molecule has 0 saturated carbocycles. The monoisotopic (exact) mass is 473 g/mol. The molecule has 1 heterocycles. The first-order valence-electron chi connectivity index (χ1n) is 10.3. The fourth-order valence-electron chi connectivity index (χ4n) is 2.57. The highest BCUT2D eigenvalue weighted by Gasteiger charge is 2.40. The Labute approximate surface area is 191 Å². The van der Waals surface area contributed by atoms with Gasteiger partial charge in [-0.2, -0.15) is 4.90 Å². The van der Waals surface area contributed by atoms with Crippen LogP contribution in [0.2, 0.25) is 0 Å². The number of esters is 1. The molecule has 186 valence electrons. The number of hydrogen-bond donors (Lipinski definition) is 0. The van der Waals surface area contributed by atoms with Gasteiger partial charge in [0.25, 0.3) is 0 Å². The van der Waals surface area contributed by atoms with Crippen LogP contribution in [-0.2, 0) is 25.5 Å². The third kappa shape index (κ3) is 9.07. The molecule has 0 spiro atoms. The van der Waals surface area contributed by atoms with E-state index in [0.29, 0.717) is 4.90 Å². The summed E-state index contributed by atoms with van der Waals surface area (Å²) in [5, 5.41) is 3.44. The Morgan fingerprint density at radius 2 is 1.64 bits per heavy atom. The molecule has 33 heavy (non-hydrogen) atoms.